The number of rotatable bonds is 5. The van der Waals surface area contributed by atoms with Crippen LogP contribution in [-0.2, 0) is 10.0 Å². The van der Waals surface area contributed by atoms with Crippen LogP contribution in [0.25, 0.3) is 11.6 Å². The van der Waals surface area contributed by atoms with Gasteiger partial charge in [0, 0.05) is 11.1 Å². The number of Topliss-reactive ketones (excluding diaryl/α,β-unsaturated/α-hetero) is 1. The molecule has 0 fully saturated rings. The Morgan fingerprint density at radius 1 is 0.731 bits per heavy atom. The first-order chi connectivity index (χ1) is 12.4. The van der Waals surface area contributed by atoms with Crippen molar-refractivity contribution >= 4 is 27.5 Å². The van der Waals surface area contributed by atoms with E-state index in [1.54, 1.807) is 30.3 Å². The van der Waals surface area contributed by atoms with Gasteiger partial charge < -0.3 is 0 Å². The maximum absolute atomic E-state index is 13.0. The molecule has 0 amide bonds. The zero-order valence-electron chi connectivity index (χ0n) is 13.9. The summed E-state index contributed by atoms with van der Waals surface area (Å²) in [6, 6.07) is 24.5. The third-order valence-corrected chi connectivity index (χ3v) is 4.81. The van der Waals surface area contributed by atoms with E-state index in [0.29, 0.717) is 16.7 Å². The predicted octanol–water partition coefficient (Wildman–Crippen LogP) is 3.76. The van der Waals surface area contributed by atoms with Crippen LogP contribution in [0.5, 0.6) is 0 Å². The Morgan fingerprint density at radius 3 is 1.73 bits per heavy atom. The Balaban J connectivity index is 2.06. The lowest BCUT2D eigenvalue weighted by atomic mass is 9.95. The van der Waals surface area contributed by atoms with E-state index in [1.165, 1.54) is 12.1 Å². The van der Waals surface area contributed by atoms with Crippen LogP contribution in [0.1, 0.15) is 21.5 Å². The summed E-state index contributed by atoms with van der Waals surface area (Å²) in [5.41, 5.74) is 2.61. The topological polar surface area (TPSA) is 77.2 Å². The molecule has 0 aliphatic carbocycles. The fourth-order valence-electron chi connectivity index (χ4n) is 2.56. The Bertz CT molecular complexity index is 1040. The van der Waals surface area contributed by atoms with Gasteiger partial charge in [-0.05, 0) is 29.3 Å². The van der Waals surface area contributed by atoms with Crippen LogP contribution in [0.4, 0.5) is 0 Å². The molecule has 0 aliphatic heterocycles. The van der Waals surface area contributed by atoms with E-state index in [4.69, 9.17) is 5.14 Å². The van der Waals surface area contributed by atoms with Gasteiger partial charge in [0.05, 0.1) is 4.90 Å². The monoisotopic (exact) mass is 363 g/mol. The van der Waals surface area contributed by atoms with Gasteiger partial charge in [0.2, 0.25) is 10.0 Å². The summed E-state index contributed by atoms with van der Waals surface area (Å²) in [6.07, 6.45) is 1.75. The molecule has 4 nitrogen and oxygen atoms in total. The number of allylic oxidation sites excluding steroid dienone is 1. The Morgan fingerprint density at radius 2 is 1.23 bits per heavy atom. The minimum absolute atomic E-state index is 0.0327. The molecule has 130 valence electrons. The zero-order valence-corrected chi connectivity index (χ0v) is 14.7. The summed E-state index contributed by atoms with van der Waals surface area (Å²) in [6.45, 7) is 0. The SMILES string of the molecule is NS(=O)(=O)c1ccc(/C=C(/C(=O)c2ccccc2)c2ccccc2)cc1. The van der Waals surface area contributed by atoms with Crippen LogP contribution in [-0.4, -0.2) is 14.2 Å². The largest absolute Gasteiger partial charge is 0.289 e. The van der Waals surface area contributed by atoms with Crippen molar-refractivity contribution in [3.05, 3.63) is 102 Å². The van der Waals surface area contributed by atoms with E-state index in [2.05, 4.69) is 0 Å². The Labute approximate surface area is 152 Å². The third kappa shape index (κ3) is 4.14. The number of sulfonamides is 1. The lowest BCUT2D eigenvalue weighted by Crippen LogP contribution is -2.11. The van der Waals surface area contributed by atoms with Gasteiger partial charge in [-0.1, -0.05) is 72.8 Å². The van der Waals surface area contributed by atoms with Gasteiger partial charge in [-0.3, -0.25) is 4.79 Å². The first-order valence-corrected chi connectivity index (χ1v) is 9.49. The highest BCUT2D eigenvalue weighted by molar-refractivity contribution is 7.89. The summed E-state index contributed by atoms with van der Waals surface area (Å²) in [4.78, 5) is 13.0. The highest BCUT2D eigenvalue weighted by atomic mass is 32.2. The van der Waals surface area contributed by atoms with E-state index < -0.39 is 10.0 Å². The molecule has 0 bridgehead atoms. The average molecular weight is 363 g/mol. The van der Waals surface area contributed by atoms with Crippen LogP contribution in [0.15, 0.2) is 89.8 Å². The normalized spacial score (nSPS) is 12.0. The molecule has 0 saturated heterocycles. The highest BCUT2D eigenvalue weighted by Gasteiger charge is 2.14. The van der Waals surface area contributed by atoms with Crippen molar-refractivity contribution in [1.29, 1.82) is 0 Å². The van der Waals surface area contributed by atoms with Crippen LogP contribution in [0, 0.1) is 0 Å². The molecule has 3 rings (SSSR count). The minimum atomic E-state index is -3.75. The molecule has 26 heavy (non-hydrogen) atoms. The number of carbonyl (C=O) groups is 1. The molecule has 0 atom stereocenters. The van der Waals surface area contributed by atoms with Crippen molar-refractivity contribution in [2.24, 2.45) is 5.14 Å². The van der Waals surface area contributed by atoms with Crippen molar-refractivity contribution in [2.45, 2.75) is 4.90 Å². The molecule has 3 aromatic rings. The van der Waals surface area contributed by atoms with E-state index in [1.807, 2.05) is 48.5 Å². The number of carbonyl (C=O) groups excluding carboxylic acids is 1. The fraction of sp³-hybridized carbons (Fsp3) is 0. The van der Waals surface area contributed by atoms with Crippen molar-refractivity contribution < 1.29 is 13.2 Å². The molecule has 0 aromatic heterocycles. The predicted molar refractivity (Wildman–Crippen MR) is 103 cm³/mol. The van der Waals surface area contributed by atoms with Gasteiger partial charge in [-0.2, -0.15) is 0 Å². The third-order valence-electron chi connectivity index (χ3n) is 3.89. The second kappa shape index (κ2) is 7.47. The van der Waals surface area contributed by atoms with Crippen molar-refractivity contribution in [3.63, 3.8) is 0 Å². The number of primary sulfonamides is 1. The fourth-order valence-corrected chi connectivity index (χ4v) is 3.08. The molecule has 0 heterocycles. The van der Waals surface area contributed by atoms with E-state index >= 15 is 0 Å². The molecule has 0 saturated carbocycles. The van der Waals surface area contributed by atoms with Crippen LogP contribution in [0.3, 0.4) is 0 Å². The molecular weight excluding hydrogens is 346 g/mol. The smallest absolute Gasteiger partial charge is 0.238 e. The number of hydrogen-bond donors (Lipinski definition) is 1. The van der Waals surface area contributed by atoms with Crippen molar-refractivity contribution in [1.82, 2.24) is 0 Å². The molecule has 0 spiro atoms. The molecule has 3 aromatic carbocycles. The first-order valence-electron chi connectivity index (χ1n) is 7.95. The Kier molecular flexibility index (Phi) is 5.11. The van der Waals surface area contributed by atoms with Gasteiger partial charge in [0.15, 0.2) is 5.78 Å². The average Bonchev–Trinajstić information content (AvgIpc) is 2.66. The molecular formula is C21H17NO3S. The summed E-state index contributed by atoms with van der Waals surface area (Å²) in [7, 11) is -3.75. The first kappa shape index (κ1) is 17.8. The lowest BCUT2D eigenvalue weighted by Gasteiger charge is -2.08. The minimum Gasteiger partial charge on any atom is -0.289 e. The van der Waals surface area contributed by atoms with E-state index in [-0.39, 0.29) is 10.7 Å². The molecule has 0 aliphatic rings. The van der Waals surface area contributed by atoms with Crippen LogP contribution in [0.2, 0.25) is 0 Å². The second-order valence-electron chi connectivity index (χ2n) is 5.73. The van der Waals surface area contributed by atoms with Crippen LogP contribution < -0.4 is 5.14 Å². The van der Waals surface area contributed by atoms with Gasteiger partial charge in [-0.15, -0.1) is 0 Å². The van der Waals surface area contributed by atoms with E-state index in [9.17, 15) is 13.2 Å². The summed E-state index contributed by atoms with van der Waals surface area (Å²) in [5.74, 6) is -0.104. The van der Waals surface area contributed by atoms with E-state index in [0.717, 1.165) is 5.56 Å². The maximum Gasteiger partial charge on any atom is 0.238 e. The quantitative estimate of drug-likeness (QED) is 0.426. The molecule has 5 heteroatoms. The number of ketones is 1. The van der Waals surface area contributed by atoms with Gasteiger partial charge in [0.1, 0.15) is 0 Å². The van der Waals surface area contributed by atoms with Crippen LogP contribution >= 0.6 is 0 Å². The zero-order chi connectivity index (χ0) is 18.6. The second-order valence-corrected chi connectivity index (χ2v) is 7.29. The molecule has 2 N–H and O–H groups in total. The maximum atomic E-state index is 13.0. The summed E-state index contributed by atoms with van der Waals surface area (Å²) >= 11 is 0. The van der Waals surface area contributed by atoms with Gasteiger partial charge in [0.25, 0.3) is 0 Å². The van der Waals surface area contributed by atoms with Crippen molar-refractivity contribution in [2.75, 3.05) is 0 Å². The standard InChI is InChI=1S/C21H17NO3S/c22-26(24,25)19-13-11-16(12-14-19)15-20(17-7-3-1-4-8-17)21(23)18-9-5-2-6-10-18/h1-15H,(H2,22,24,25)/b20-15+. The number of hydrogen-bond acceptors (Lipinski definition) is 3. The number of nitrogens with two attached hydrogens (primary N) is 1. The molecule has 0 unspecified atom stereocenters. The van der Waals surface area contributed by atoms with Gasteiger partial charge in [-0.25, -0.2) is 13.6 Å². The van der Waals surface area contributed by atoms with Gasteiger partial charge >= 0.3 is 0 Å². The summed E-state index contributed by atoms with van der Waals surface area (Å²) < 4.78 is 22.8. The highest BCUT2D eigenvalue weighted by Crippen LogP contribution is 2.23. The molecule has 0 radical (unpaired) electrons. The van der Waals surface area contributed by atoms with Crippen molar-refractivity contribution in [3.8, 4) is 0 Å². The number of benzene rings is 3. The Hall–Kier alpha value is -3.02. The summed E-state index contributed by atoms with van der Waals surface area (Å²) in [5, 5.41) is 5.13. The lowest BCUT2D eigenvalue weighted by molar-refractivity contribution is 0.105.